The van der Waals surface area contributed by atoms with Gasteiger partial charge in [0, 0.05) is 12.5 Å². The molecular formula is C16H22O4. The van der Waals surface area contributed by atoms with Crippen LogP contribution in [0.15, 0.2) is 12.2 Å². The number of aliphatic hydroxyl groups excluding tert-OH is 1. The standard InChI is InChI=1S/C16H22O4/c1-2-3-4-5-6-7-8-9-10-13(17)15-16(20-15)12-11-14(18)19-16/h1,11-13,15,17H,3-10H2/t13-,15-,16+/m0/s1. The molecule has 0 aromatic heterocycles. The smallest absolute Gasteiger partial charge is 0.333 e. The third-order valence-corrected chi connectivity index (χ3v) is 3.78. The van der Waals surface area contributed by atoms with E-state index in [2.05, 4.69) is 5.92 Å². The first-order chi connectivity index (χ1) is 9.68. The second-order valence-electron chi connectivity index (χ2n) is 5.45. The molecule has 0 unspecified atom stereocenters. The minimum absolute atomic E-state index is 0.388. The molecule has 2 rings (SSSR count). The number of carbonyl (C=O) groups is 1. The molecule has 2 heterocycles. The van der Waals surface area contributed by atoms with Crippen molar-refractivity contribution in [3.8, 4) is 12.3 Å². The van der Waals surface area contributed by atoms with Crippen LogP contribution >= 0.6 is 0 Å². The van der Waals surface area contributed by atoms with E-state index >= 15 is 0 Å². The summed E-state index contributed by atoms with van der Waals surface area (Å²) in [5.74, 6) is 1.29. The van der Waals surface area contributed by atoms with Crippen LogP contribution < -0.4 is 0 Å². The molecule has 3 atom stereocenters. The summed E-state index contributed by atoms with van der Waals surface area (Å²) in [6, 6.07) is 0. The van der Waals surface area contributed by atoms with Gasteiger partial charge in [0.15, 0.2) is 6.10 Å². The molecule has 1 saturated heterocycles. The number of carbonyl (C=O) groups excluding carboxylic acids is 1. The van der Waals surface area contributed by atoms with Crippen molar-refractivity contribution in [3.63, 3.8) is 0 Å². The molecule has 0 aliphatic carbocycles. The molecule has 0 aromatic rings. The van der Waals surface area contributed by atoms with Gasteiger partial charge in [-0.15, -0.1) is 12.3 Å². The van der Waals surface area contributed by atoms with Gasteiger partial charge in [-0.25, -0.2) is 4.79 Å². The van der Waals surface area contributed by atoms with Crippen molar-refractivity contribution in [2.45, 2.75) is 69.4 Å². The van der Waals surface area contributed by atoms with Crippen LogP contribution in [0.4, 0.5) is 0 Å². The lowest BCUT2D eigenvalue weighted by molar-refractivity contribution is -0.144. The van der Waals surface area contributed by atoms with E-state index < -0.39 is 17.9 Å². The average Bonchev–Trinajstić information content (AvgIpc) is 3.00. The van der Waals surface area contributed by atoms with Gasteiger partial charge in [0.2, 0.25) is 0 Å². The minimum atomic E-state index is -0.953. The maximum absolute atomic E-state index is 11.0. The number of hydrogen-bond acceptors (Lipinski definition) is 4. The summed E-state index contributed by atoms with van der Waals surface area (Å²) >= 11 is 0. The van der Waals surface area contributed by atoms with Crippen molar-refractivity contribution in [3.05, 3.63) is 12.2 Å². The first-order valence-electron chi connectivity index (χ1n) is 7.39. The highest BCUT2D eigenvalue weighted by Crippen LogP contribution is 2.45. The van der Waals surface area contributed by atoms with Crippen LogP contribution in [0.2, 0.25) is 0 Å². The molecule has 1 fully saturated rings. The molecule has 1 N–H and O–H groups in total. The Morgan fingerprint density at radius 1 is 1.30 bits per heavy atom. The van der Waals surface area contributed by atoms with Gasteiger partial charge in [-0.05, 0) is 18.9 Å². The van der Waals surface area contributed by atoms with Crippen LogP contribution in [0.25, 0.3) is 0 Å². The number of epoxide rings is 1. The fourth-order valence-electron chi connectivity index (χ4n) is 2.58. The molecule has 2 aliphatic heterocycles. The minimum Gasteiger partial charge on any atom is -0.423 e. The van der Waals surface area contributed by atoms with Crippen LogP contribution in [0.3, 0.4) is 0 Å². The summed E-state index contributed by atoms with van der Waals surface area (Å²) in [5.41, 5.74) is 0. The molecule has 0 aromatic carbocycles. The number of esters is 1. The van der Waals surface area contributed by atoms with E-state index in [-0.39, 0.29) is 6.10 Å². The van der Waals surface area contributed by atoms with Crippen LogP contribution in [0.5, 0.6) is 0 Å². The molecule has 0 amide bonds. The second-order valence-corrected chi connectivity index (χ2v) is 5.45. The van der Waals surface area contributed by atoms with E-state index in [1.54, 1.807) is 6.08 Å². The summed E-state index contributed by atoms with van der Waals surface area (Å²) < 4.78 is 10.3. The Labute approximate surface area is 120 Å². The zero-order valence-corrected chi connectivity index (χ0v) is 11.7. The maximum atomic E-state index is 11.0. The predicted molar refractivity (Wildman–Crippen MR) is 74.6 cm³/mol. The van der Waals surface area contributed by atoms with E-state index in [0.717, 1.165) is 25.7 Å². The molecule has 0 radical (unpaired) electrons. The van der Waals surface area contributed by atoms with Crippen molar-refractivity contribution in [1.82, 2.24) is 0 Å². The van der Waals surface area contributed by atoms with E-state index in [1.165, 1.54) is 25.3 Å². The molecule has 4 heteroatoms. The van der Waals surface area contributed by atoms with Crippen LogP contribution in [-0.4, -0.2) is 29.1 Å². The predicted octanol–water partition coefficient (Wildman–Crippen LogP) is 2.31. The Morgan fingerprint density at radius 3 is 2.65 bits per heavy atom. The van der Waals surface area contributed by atoms with Gasteiger partial charge in [0.1, 0.15) is 0 Å². The number of aliphatic hydroxyl groups is 1. The highest BCUT2D eigenvalue weighted by Gasteiger charge is 2.63. The van der Waals surface area contributed by atoms with Crippen LogP contribution in [-0.2, 0) is 14.3 Å². The zero-order valence-electron chi connectivity index (χ0n) is 11.7. The molecule has 0 saturated carbocycles. The van der Waals surface area contributed by atoms with Gasteiger partial charge in [-0.3, -0.25) is 0 Å². The lowest BCUT2D eigenvalue weighted by Gasteiger charge is -2.09. The summed E-state index contributed by atoms with van der Waals surface area (Å²) in [4.78, 5) is 11.0. The topological polar surface area (TPSA) is 59.1 Å². The van der Waals surface area contributed by atoms with E-state index in [1.807, 2.05) is 0 Å². The largest absolute Gasteiger partial charge is 0.423 e. The Kier molecular flexibility index (Phi) is 5.22. The Morgan fingerprint density at radius 2 is 2.00 bits per heavy atom. The molecule has 0 bridgehead atoms. The number of hydrogen-bond donors (Lipinski definition) is 1. The molecule has 2 aliphatic rings. The highest BCUT2D eigenvalue weighted by molar-refractivity contribution is 5.85. The summed E-state index contributed by atoms with van der Waals surface area (Å²) in [7, 11) is 0. The van der Waals surface area contributed by atoms with Gasteiger partial charge in [-0.2, -0.15) is 0 Å². The SMILES string of the molecule is C#CCCCCCCCC[C@H](O)[C@@H]1O[C@]12C=CC(=O)O2. The third kappa shape index (κ3) is 3.84. The van der Waals surface area contributed by atoms with Crippen LogP contribution in [0, 0.1) is 12.3 Å². The van der Waals surface area contributed by atoms with Crippen LogP contribution in [0.1, 0.15) is 51.4 Å². The van der Waals surface area contributed by atoms with Crippen molar-refractivity contribution < 1.29 is 19.4 Å². The fraction of sp³-hybridized carbons (Fsp3) is 0.688. The average molecular weight is 278 g/mol. The molecule has 1 spiro atoms. The van der Waals surface area contributed by atoms with Crippen molar-refractivity contribution in [1.29, 1.82) is 0 Å². The lowest BCUT2D eigenvalue weighted by Crippen LogP contribution is -2.24. The fourth-order valence-corrected chi connectivity index (χ4v) is 2.58. The van der Waals surface area contributed by atoms with Gasteiger partial charge < -0.3 is 14.6 Å². The van der Waals surface area contributed by atoms with Gasteiger partial charge >= 0.3 is 5.97 Å². The molecule has 4 nitrogen and oxygen atoms in total. The number of ether oxygens (including phenoxy) is 2. The van der Waals surface area contributed by atoms with E-state index in [4.69, 9.17) is 15.9 Å². The van der Waals surface area contributed by atoms with Gasteiger partial charge in [-0.1, -0.05) is 32.1 Å². The maximum Gasteiger partial charge on any atom is 0.333 e. The van der Waals surface area contributed by atoms with E-state index in [9.17, 15) is 9.90 Å². The monoisotopic (exact) mass is 278 g/mol. The first-order valence-corrected chi connectivity index (χ1v) is 7.39. The molecule has 110 valence electrons. The molecule has 20 heavy (non-hydrogen) atoms. The quantitative estimate of drug-likeness (QED) is 0.304. The van der Waals surface area contributed by atoms with Gasteiger partial charge in [0.05, 0.1) is 6.10 Å². The first kappa shape index (κ1) is 15.1. The van der Waals surface area contributed by atoms with Crippen molar-refractivity contribution in [2.75, 3.05) is 0 Å². The highest BCUT2D eigenvalue weighted by atomic mass is 16.8. The van der Waals surface area contributed by atoms with Crippen molar-refractivity contribution in [2.24, 2.45) is 0 Å². The number of unbranched alkanes of at least 4 members (excludes halogenated alkanes) is 6. The van der Waals surface area contributed by atoms with E-state index in [0.29, 0.717) is 6.42 Å². The Bertz CT molecular complexity index is 409. The summed E-state index contributed by atoms with van der Waals surface area (Å²) in [6.07, 6.45) is 15.4. The zero-order chi connectivity index (χ0) is 14.4. The second kappa shape index (κ2) is 6.92. The summed E-state index contributed by atoms with van der Waals surface area (Å²) in [6.45, 7) is 0. The number of terminal acetylenes is 1. The normalized spacial score (nSPS) is 28.4. The molecular weight excluding hydrogens is 256 g/mol. The number of rotatable bonds is 9. The van der Waals surface area contributed by atoms with Gasteiger partial charge in [0.25, 0.3) is 5.79 Å². The third-order valence-electron chi connectivity index (χ3n) is 3.78. The Hall–Kier alpha value is -1.31. The lowest BCUT2D eigenvalue weighted by atomic mass is 10.0. The summed E-state index contributed by atoms with van der Waals surface area (Å²) in [5, 5.41) is 10.0. The van der Waals surface area contributed by atoms with Crippen molar-refractivity contribution >= 4 is 5.97 Å². The Balaban J connectivity index is 1.50.